The first-order valence-corrected chi connectivity index (χ1v) is 9.63. The maximum absolute atomic E-state index is 13.6. The van der Waals surface area contributed by atoms with Crippen LogP contribution in [0.15, 0.2) is 48.9 Å². The van der Waals surface area contributed by atoms with Crippen LogP contribution in [0.5, 0.6) is 0 Å². The number of aliphatic hydroxyl groups is 1. The lowest BCUT2D eigenvalue weighted by atomic mass is 10.1. The molecule has 1 aliphatic heterocycles. The molecule has 0 saturated carbocycles. The molecule has 158 valence electrons. The molecule has 1 saturated heterocycles. The molecule has 0 bridgehead atoms. The van der Waals surface area contributed by atoms with Crippen molar-refractivity contribution in [2.45, 2.75) is 31.3 Å². The van der Waals surface area contributed by atoms with Crippen LogP contribution < -0.4 is 14.6 Å². The second-order valence-corrected chi connectivity index (χ2v) is 7.46. The van der Waals surface area contributed by atoms with Crippen molar-refractivity contribution in [3.8, 4) is 0 Å². The highest BCUT2D eigenvalue weighted by Gasteiger charge is 2.43. The van der Waals surface area contributed by atoms with Gasteiger partial charge in [0.05, 0.1) is 12.7 Å². The van der Waals surface area contributed by atoms with E-state index in [4.69, 9.17) is 0 Å². The Balaban J connectivity index is 1.64. The number of nitrogens with one attached hydrogen (secondary N) is 3. The molecule has 3 aromatic heterocycles. The minimum atomic E-state index is -4.67. The lowest BCUT2D eigenvalue weighted by molar-refractivity contribution is -0.908. The van der Waals surface area contributed by atoms with Crippen LogP contribution >= 0.6 is 0 Å². The van der Waals surface area contributed by atoms with Crippen LogP contribution in [-0.4, -0.2) is 46.4 Å². The number of carbonyl (C=O) groups excluding carboxylic acids is 1. The maximum Gasteiger partial charge on any atom is 0.412 e. The summed E-state index contributed by atoms with van der Waals surface area (Å²) in [5.41, 5.74) is 0.400. The average molecular weight is 421 g/mol. The number of imidazole rings is 1. The number of pyridine rings is 2. The summed E-state index contributed by atoms with van der Waals surface area (Å²) in [6, 6.07) is 5.68. The van der Waals surface area contributed by atoms with Crippen LogP contribution in [0.25, 0.3) is 5.52 Å². The summed E-state index contributed by atoms with van der Waals surface area (Å²) in [7, 11) is 0. The Morgan fingerprint density at radius 2 is 2.20 bits per heavy atom. The van der Waals surface area contributed by atoms with Crippen LogP contribution in [-0.2, 0) is 6.54 Å². The summed E-state index contributed by atoms with van der Waals surface area (Å²) in [5, 5.41) is 11.9. The number of aromatic amines is 1. The third-order valence-corrected chi connectivity index (χ3v) is 5.30. The molecule has 1 fully saturated rings. The van der Waals surface area contributed by atoms with Gasteiger partial charge in [-0.2, -0.15) is 17.6 Å². The van der Waals surface area contributed by atoms with Gasteiger partial charge in [0.2, 0.25) is 5.69 Å². The smallest absolute Gasteiger partial charge is 0.387 e. The number of carbonyl (C=O) groups is 1. The van der Waals surface area contributed by atoms with Gasteiger partial charge in [0, 0.05) is 24.4 Å². The fourth-order valence-corrected chi connectivity index (χ4v) is 3.86. The molecule has 3 atom stereocenters. The molecule has 3 aromatic rings. The van der Waals surface area contributed by atoms with E-state index in [0.29, 0.717) is 30.9 Å². The standard InChI is InChI=1S/C20H20F3N5O2/c21-20(22,23)18(13-4-3-7-24-10-13)26-19(30)17-15-5-1-2-8-28(15)16(25-17)12-27-9-6-14(29)11-27/h1-5,7-8,10,14,18,29H,6,9,11-12H2,(H,26,30)/p+2. The third-order valence-electron chi connectivity index (χ3n) is 5.30. The molecule has 4 heterocycles. The van der Waals surface area contributed by atoms with Gasteiger partial charge in [0.25, 0.3) is 5.91 Å². The Bertz CT molecular complexity index is 1040. The second-order valence-electron chi connectivity index (χ2n) is 7.46. The SMILES string of the molecule is O=C(NC(c1cccnc1)C(F)(F)F)c1[nH]c(C[NH+]2CCC(O)C2)[n+]2ccccc12. The number of likely N-dealkylation sites (tertiary alicyclic amines) is 1. The van der Waals surface area contributed by atoms with Crippen LogP contribution in [0.2, 0.25) is 0 Å². The molecule has 10 heteroatoms. The number of nitrogens with zero attached hydrogens (tertiary/aromatic N) is 2. The highest BCUT2D eigenvalue weighted by Crippen LogP contribution is 2.32. The fourth-order valence-electron chi connectivity index (χ4n) is 3.86. The molecule has 1 amide bonds. The van der Waals surface area contributed by atoms with Crippen molar-refractivity contribution in [2.24, 2.45) is 0 Å². The molecule has 0 radical (unpaired) electrons. The molecule has 0 spiro atoms. The predicted octanol–water partition coefficient (Wildman–Crippen LogP) is 0.331. The summed E-state index contributed by atoms with van der Waals surface area (Å²) in [4.78, 5) is 20.7. The summed E-state index contributed by atoms with van der Waals surface area (Å²) < 4.78 is 42.6. The molecule has 4 N–H and O–H groups in total. The summed E-state index contributed by atoms with van der Waals surface area (Å²) in [6.07, 6.45) is -0.115. The van der Waals surface area contributed by atoms with Crippen molar-refractivity contribution in [3.05, 3.63) is 66.0 Å². The molecule has 7 nitrogen and oxygen atoms in total. The van der Waals surface area contributed by atoms with Crippen molar-refractivity contribution >= 4 is 11.4 Å². The summed E-state index contributed by atoms with van der Waals surface area (Å²) in [6.45, 7) is 1.89. The van der Waals surface area contributed by atoms with Crippen LogP contribution in [0, 0.1) is 0 Å². The fraction of sp³-hybridized carbons (Fsp3) is 0.350. The van der Waals surface area contributed by atoms with Crippen LogP contribution in [0.4, 0.5) is 13.2 Å². The monoisotopic (exact) mass is 421 g/mol. The molecule has 3 unspecified atom stereocenters. The number of amides is 1. The zero-order chi connectivity index (χ0) is 21.3. The largest absolute Gasteiger partial charge is 0.412 e. The first kappa shape index (κ1) is 20.3. The predicted molar refractivity (Wildman–Crippen MR) is 99.5 cm³/mol. The van der Waals surface area contributed by atoms with E-state index >= 15 is 0 Å². The number of fused-ring (bicyclic) bond motifs is 1. The number of hydrogen-bond donors (Lipinski definition) is 4. The zero-order valence-electron chi connectivity index (χ0n) is 16.0. The van der Waals surface area contributed by atoms with Gasteiger partial charge in [-0.3, -0.25) is 9.78 Å². The third kappa shape index (κ3) is 4.14. The number of aliphatic hydroxyl groups excluding tert-OH is 1. The van der Waals surface area contributed by atoms with E-state index in [1.807, 2.05) is 0 Å². The molecular weight excluding hydrogens is 399 g/mol. The normalized spacial score (nSPS) is 20.4. The quantitative estimate of drug-likeness (QED) is 0.448. The van der Waals surface area contributed by atoms with Crippen LogP contribution in [0.1, 0.15) is 34.3 Å². The Hall–Kier alpha value is -2.98. The zero-order valence-corrected chi connectivity index (χ0v) is 16.0. The number of H-pyrrole nitrogens is 1. The van der Waals surface area contributed by atoms with E-state index in [-0.39, 0.29) is 17.4 Å². The summed E-state index contributed by atoms with van der Waals surface area (Å²) in [5.74, 6) is -0.169. The van der Waals surface area contributed by atoms with Crippen molar-refractivity contribution in [3.63, 3.8) is 0 Å². The van der Waals surface area contributed by atoms with Gasteiger partial charge in [-0.25, -0.2) is 4.98 Å². The molecule has 0 aromatic carbocycles. The van der Waals surface area contributed by atoms with Gasteiger partial charge in [-0.05, 0) is 18.2 Å². The maximum atomic E-state index is 13.6. The Morgan fingerprint density at radius 1 is 1.37 bits per heavy atom. The molecular formula is C20H22F3N5O2+2. The van der Waals surface area contributed by atoms with E-state index < -0.39 is 18.1 Å². The highest BCUT2D eigenvalue weighted by atomic mass is 19.4. The van der Waals surface area contributed by atoms with Gasteiger partial charge in [0.1, 0.15) is 12.6 Å². The van der Waals surface area contributed by atoms with Gasteiger partial charge in [0.15, 0.2) is 18.1 Å². The average Bonchev–Trinajstić information content (AvgIpc) is 3.30. The lowest BCUT2D eigenvalue weighted by Gasteiger charge is -2.20. The lowest BCUT2D eigenvalue weighted by Crippen LogP contribution is -3.09. The Labute approximate surface area is 170 Å². The van der Waals surface area contributed by atoms with Crippen molar-refractivity contribution in [1.82, 2.24) is 15.3 Å². The first-order valence-electron chi connectivity index (χ1n) is 9.63. The van der Waals surface area contributed by atoms with E-state index in [1.165, 1.54) is 18.3 Å². The van der Waals surface area contributed by atoms with Gasteiger partial charge in [-0.15, -0.1) is 0 Å². The topological polar surface area (TPSA) is 86.5 Å². The molecule has 30 heavy (non-hydrogen) atoms. The number of alkyl halides is 3. The Kier molecular flexibility index (Phi) is 5.44. The molecule has 1 aliphatic rings. The van der Waals surface area contributed by atoms with E-state index in [9.17, 15) is 23.1 Å². The second kappa shape index (κ2) is 8.04. The number of halogens is 3. The minimum Gasteiger partial charge on any atom is -0.387 e. The Morgan fingerprint density at radius 3 is 2.87 bits per heavy atom. The van der Waals surface area contributed by atoms with E-state index in [1.54, 1.807) is 28.8 Å². The van der Waals surface area contributed by atoms with Crippen molar-refractivity contribution < 1.29 is 32.4 Å². The van der Waals surface area contributed by atoms with E-state index in [0.717, 1.165) is 17.6 Å². The summed E-state index contributed by atoms with van der Waals surface area (Å²) >= 11 is 0. The molecule has 0 aliphatic carbocycles. The number of hydrogen-bond acceptors (Lipinski definition) is 3. The number of aromatic nitrogens is 3. The van der Waals surface area contributed by atoms with Gasteiger partial charge < -0.3 is 15.3 Å². The first-order chi connectivity index (χ1) is 14.3. The highest BCUT2D eigenvalue weighted by molar-refractivity contribution is 5.98. The number of quaternary nitrogens is 1. The van der Waals surface area contributed by atoms with Gasteiger partial charge in [-0.1, -0.05) is 12.1 Å². The number of rotatable bonds is 5. The van der Waals surface area contributed by atoms with E-state index in [2.05, 4.69) is 15.3 Å². The minimum absolute atomic E-state index is 0.0582. The van der Waals surface area contributed by atoms with Crippen molar-refractivity contribution in [1.29, 1.82) is 0 Å². The van der Waals surface area contributed by atoms with Crippen LogP contribution in [0.3, 0.4) is 0 Å². The molecule has 4 rings (SSSR count). The van der Waals surface area contributed by atoms with Crippen molar-refractivity contribution in [2.75, 3.05) is 13.1 Å². The van der Waals surface area contributed by atoms with Gasteiger partial charge >= 0.3 is 12.0 Å².